The molecule has 0 heterocycles. The smallest absolute Gasteiger partial charge is 0.191 e. The number of para-hydroxylation sites is 1. The molecule has 2 N–H and O–H groups in total. The van der Waals surface area contributed by atoms with Gasteiger partial charge in [0.25, 0.3) is 0 Å². The van der Waals surface area contributed by atoms with Crippen LogP contribution in [0.4, 0.5) is 0 Å². The first-order chi connectivity index (χ1) is 11.3. The summed E-state index contributed by atoms with van der Waals surface area (Å²) in [5.41, 5.74) is 1.15. The molecule has 1 aromatic rings. The molecule has 0 aliphatic heterocycles. The summed E-state index contributed by atoms with van der Waals surface area (Å²) in [7, 11) is 0. The summed E-state index contributed by atoms with van der Waals surface area (Å²) in [6.07, 6.45) is 2.09. The van der Waals surface area contributed by atoms with E-state index in [1.807, 2.05) is 25.1 Å². The van der Waals surface area contributed by atoms with E-state index in [1.165, 1.54) is 0 Å². The van der Waals surface area contributed by atoms with Gasteiger partial charge in [-0.15, -0.1) is 24.0 Å². The Kier molecular flexibility index (Phi) is 14.8. The number of hydrogen-bond donors (Lipinski definition) is 2. The first kappa shape index (κ1) is 23.0. The zero-order valence-corrected chi connectivity index (χ0v) is 17.5. The summed E-state index contributed by atoms with van der Waals surface area (Å²) in [5.74, 6) is 1.78. The van der Waals surface area contributed by atoms with Crippen LogP contribution in [0, 0.1) is 6.92 Å². The van der Waals surface area contributed by atoms with Crippen LogP contribution in [-0.2, 0) is 4.74 Å². The van der Waals surface area contributed by atoms with Crippen LogP contribution in [0.25, 0.3) is 0 Å². The highest BCUT2D eigenvalue weighted by molar-refractivity contribution is 14.0. The van der Waals surface area contributed by atoms with Gasteiger partial charge < -0.3 is 20.1 Å². The maximum Gasteiger partial charge on any atom is 0.191 e. The third-order valence-corrected chi connectivity index (χ3v) is 3.26. The number of unbranched alkanes of at least 4 members (excludes halogenated alkanes) is 1. The number of benzene rings is 1. The number of ether oxygens (including phenoxy) is 2. The van der Waals surface area contributed by atoms with Gasteiger partial charge in [-0.1, -0.05) is 18.2 Å². The predicted octanol–water partition coefficient (Wildman–Crippen LogP) is 3.36. The van der Waals surface area contributed by atoms with Gasteiger partial charge in [-0.05, 0) is 45.2 Å². The Bertz CT molecular complexity index is 456. The molecule has 0 aliphatic rings. The molecular formula is C18H32IN3O2. The molecule has 0 fully saturated rings. The molecule has 0 saturated carbocycles. The molecule has 1 aromatic carbocycles. The van der Waals surface area contributed by atoms with Gasteiger partial charge in [0, 0.05) is 26.3 Å². The maximum absolute atomic E-state index is 5.77. The van der Waals surface area contributed by atoms with E-state index >= 15 is 0 Å². The molecule has 6 heteroatoms. The molecule has 0 aliphatic carbocycles. The van der Waals surface area contributed by atoms with Crippen LogP contribution in [0.5, 0.6) is 5.75 Å². The predicted molar refractivity (Wildman–Crippen MR) is 112 cm³/mol. The third-order valence-electron chi connectivity index (χ3n) is 3.26. The summed E-state index contributed by atoms with van der Waals surface area (Å²) in [5, 5.41) is 6.54. The molecule has 0 spiro atoms. The molecule has 1 rings (SSSR count). The Balaban J connectivity index is 0.00000529. The van der Waals surface area contributed by atoms with Crippen LogP contribution in [0.1, 0.15) is 32.3 Å². The van der Waals surface area contributed by atoms with Gasteiger partial charge in [-0.2, -0.15) is 0 Å². The van der Waals surface area contributed by atoms with Crippen molar-refractivity contribution in [1.82, 2.24) is 10.6 Å². The average Bonchev–Trinajstić information content (AvgIpc) is 2.56. The fourth-order valence-electron chi connectivity index (χ4n) is 2.04. The van der Waals surface area contributed by atoms with Gasteiger partial charge in [0.2, 0.25) is 0 Å². The fraction of sp³-hybridized carbons (Fsp3) is 0.611. The van der Waals surface area contributed by atoms with Crippen molar-refractivity contribution in [3.05, 3.63) is 29.8 Å². The second-order valence-electron chi connectivity index (χ2n) is 5.21. The summed E-state index contributed by atoms with van der Waals surface area (Å²) in [6, 6.07) is 8.05. The Labute approximate surface area is 163 Å². The summed E-state index contributed by atoms with van der Waals surface area (Å²) >= 11 is 0. The highest BCUT2D eigenvalue weighted by atomic mass is 127. The topological polar surface area (TPSA) is 54.9 Å². The number of rotatable bonds is 11. The summed E-state index contributed by atoms with van der Waals surface area (Å²) in [4.78, 5) is 4.56. The lowest BCUT2D eigenvalue weighted by molar-refractivity contribution is 0.144. The van der Waals surface area contributed by atoms with E-state index in [1.54, 1.807) is 0 Å². The van der Waals surface area contributed by atoms with Crippen molar-refractivity contribution in [3.8, 4) is 5.75 Å². The first-order valence-corrected chi connectivity index (χ1v) is 8.56. The van der Waals surface area contributed by atoms with Crippen LogP contribution < -0.4 is 15.4 Å². The monoisotopic (exact) mass is 449 g/mol. The molecule has 5 nitrogen and oxygen atoms in total. The first-order valence-electron chi connectivity index (χ1n) is 8.56. The molecule has 0 bridgehead atoms. The minimum Gasteiger partial charge on any atom is -0.491 e. The molecular weight excluding hydrogens is 417 g/mol. The standard InChI is InChI=1S/C18H31N3O2.HI/c1-4-19-18(20-12-8-9-14-22-5-2)21-13-15-23-17-11-7-6-10-16(17)3;/h6-7,10-11H,4-5,8-9,12-15H2,1-3H3,(H2,19,20,21);1H. The number of nitrogens with zero attached hydrogens (tertiary/aromatic N) is 1. The number of hydrogen-bond acceptors (Lipinski definition) is 3. The second-order valence-corrected chi connectivity index (χ2v) is 5.21. The van der Waals surface area contributed by atoms with Crippen molar-refractivity contribution in [1.29, 1.82) is 0 Å². The van der Waals surface area contributed by atoms with E-state index in [0.29, 0.717) is 6.61 Å². The third kappa shape index (κ3) is 10.7. The molecule has 0 amide bonds. The van der Waals surface area contributed by atoms with Gasteiger partial charge >= 0.3 is 0 Å². The zero-order valence-electron chi connectivity index (χ0n) is 15.1. The van der Waals surface area contributed by atoms with Gasteiger partial charge in [-0.25, -0.2) is 0 Å². The van der Waals surface area contributed by atoms with E-state index in [-0.39, 0.29) is 24.0 Å². The normalized spacial score (nSPS) is 10.9. The van der Waals surface area contributed by atoms with Crippen LogP contribution in [0.3, 0.4) is 0 Å². The van der Waals surface area contributed by atoms with Crippen molar-refractivity contribution in [2.45, 2.75) is 33.6 Å². The van der Waals surface area contributed by atoms with E-state index in [2.05, 4.69) is 35.5 Å². The number of halogens is 1. The lowest BCUT2D eigenvalue weighted by Crippen LogP contribution is -2.39. The van der Waals surface area contributed by atoms with Gasteiger partial charge in [-0.3, -0.25) is 4.99 Å². The van der Waals surface area contributed by atoms with Crippen LogP contribution in [0.15, 0.2) is 29.3 Å². The number of aliphatic imine (C=N–C) groups is 1. The van der Waals surface area contributed by atoms with Crippen molar-refractivity contribution in [3.63, 3.8) is 0 Å². The minimum absolute atomic E-state index is 0. The quantitative estimate of drug-likeness (QED) is 0.236. The lowest BCUT2D eigenvalue weighted by atomic mass is 10.2. The number of aryl methyl sites for hydroxylation is 1. The van der Waals surface area contributed by atoms with Crippen molar-refractivity contribution in [2.75, 3.05) is 39.5 Å². The Morgan fingerprint density at radius 1 is 1.08 bits per heavy atom. The Hall–Kier alpha value is -1.02. The highest BCUT2D eigenvalue weighted by Crippen LogP contribution is 2.15. The second kappa shape index (κ2) is 15.5. The number of guanidine groups is 1. The number of nitrogens with one attached hydrogen (secondary N) is 2. The molecule has 0 radical (unpaired) electrons. The molecule has 24 heavy (non-hydrogen) atoms. The minimum atomic E-state index is 0. The van der Waals surface area contributed by atoms with Crippen molar-refractivity contribution in [2.24, 2.45) is 4.99 Å². The summed E-state index contributed by atoms with van der Waals surface area (Å²) in [6.45, 7) is 10.7. The van der Waals surface area contributed by atoms with E-state index in [0.717, 1.165) is 63.0 Å². The maximum atomic E-state index is 5.77. The van der Waals surface area contributed by atoms with Crippen LogP contribution in [-0.4, -0.2) is 45.4 Å². The lowest BCUT2D eigenvalue weighted by Gasteiger charge is -2.13. The fourth-order valence-corrected chi connectivity index (χ4v) is 2.04. The molecule has 0 saturated heterocycles. The van der Waals surface area contributed by atoms with Gasteiger partial charge in [0.1, 0.15) is 12.4 Å². The molecule has 138 valence electrons. The van der Waals surface area contributed by atoms with Gasteiger partial charge in [0.05, 0.1) is 6.54 Å². The Morgan fingerprint density at radius 2 is 1.88 bits per heavy atom. The average molecular weight is 449 g/mol. The van der Waals surface area contributed by atoms with E-state index in [9.17, 15) is 0 Å². The van der Waals surface area contributed by atoms with Gasteiger partial charge in [0.15, 0.2) is 5.96 Å². The SMILES string of the molecule is CCNC(=NCCCCOCC)NCCOc1ccccc1C.I. The highest BCUT2D eigenvalue weighted by Gasteiger charge is 1.99. The van der Waals surface area contributed by atoms with E-state index < -0.39 is 0 Å². The molecule has 0 unspecified atom stereocenters. The molecule has 0 aromatic heterocycles. The van der Waals surface area contributed by atoms with Crippen LogP contribution in [0.2, 0.25) is 0 Å². The molecule has 0 atom stereocenters. The van der Waals surface area contributed by atoms with Crippen LogP contribution >= 0.6 is 24.0 Å². The van der Waals surface area contributed by atoms with E-state index in [4.69, 9.17) is 9.47 Å². The largest absolute Gasteiger partial charge is 0.491 e. The summed E-state index contributed by atoms with van der Waals surface area (Å²) < 4.78 is 11.1. The van der Waals surface area contributed by atoms with Crippen molar-refractivity contribution >= 4 is 29.9 Å². The van der Waals surface area contributed by atoms with Crippen molar-refractivity contribution < 1.29 is 9.47 Å². The Morgan fingerprint density at radius 3 is 2.58 bits per heavy atom. The zero-order chi connectivity index (χ0) is 16.8.